The number of aromatic nitrogens is 1. The minimum atomic E-state index is -0.523. The smallest absolute Gasteiger partial charge is 0.270 e. The molecule has 1 aromatic heterocycles. The molecular formula is C20H13N3O3. The topological polar surface area (TPSA) is 85.1 Å². The molecule has 1 N–H and O–H groups in total. The van der Waals surface area contributed by atoms with E-state index in [1.807, 2.05) is 36.4 Å². The van der Waals surface area contributed by atoms with Gasteiger partial charge < -0.3 is 5.32 Å². The summed E-state index contributed by atoms with van der Waals surface area (Å²) in [4.78, 5) is 27.4. The van der Waals surface area contributed by atoms with Crippen molar-refractivity contribution in [3.05, 3.63) is 88.6 Å². The van der Waals surface area contributed by atoms with Crippen LogP contribution >= 0.6 is 0 Å². The van der Waals surface area contributed by atoms with E-state index in [-0.39, 0.29) is 11.3 Å². The highest BCUT2D eigenvalue weighted by molar-refractivity contribution is 6.13. The zero-order valence-electron chi connectivity index (χ0n) is 13.5. The van der Waals surface area contributed by atoms with Crippen LogP contribution in [-0.4, -0.2) is 15.8 Å². The maximum atomic E-state index is 12.5. The second-order valence-electron chi connectivity index (χ2n) is 5.80. The molecular weight excluding hydrogens is 330 g/mol. The molecule has 0 radical (unpaired) electrons. The van der Waals surface area contributed by atoms with Crippen LogP contribution in [0.4, 0.5) is 11.4 Å². The Balaban J connectivity index is 1.75. The normalized spacial score (nSPS) is 10.8. The van der Waals surface area contributed by atoms with Gasteiger partial charge in [0.1, 0.15) is 0 Å². The summed E-state index contributed by atoms with van der Waals surface area (Å²) in [7, 11) is 0. The van der Waals surface area contributed by atoms with E-state index in [0.29, 0.717) is 5.69 Å². The number of non-ortho nitro benzene ring substituents is 1. The molecule has 0 atom stereocenters. The Hall–Kier alpha value is -3.80. The van der Waals surface area contributed by atoms with Crippen molar-refractivity contribution in [3.8, 4) is 0 Å². The van der Waals surface area contributed by atoms with Gasteiger partial charge in [-0.05, 0) is 17.5 Å². The first-order valence-corrected chi connectivity index (χ1v) is 7.96. The van der Waals surface area contributed by atoms with Crippen LogP contribution in [0.1, 0.15) is 10.4 Å². The van der Waals surface area contributed by atoms with Crippen molar-refractivity contribution in [1.29, 1.82) is 0 Å². The summed E-state index contributed by atoms with van der Waals surface area (Å²) >= 11 is 0. The molecule has 1 heterocycles. The lowest BCUT2D eigenvalue weighted by atomic mass is 10.1. The number of nitro groups is 1. The monoisotopic (exact) mass is 343 g/mol. The van der Waals surface area contributed by atoms with E-state index in [1.165, 1.54) is 18.2 Å². The third-order valence-corrected chi connectivity index (χ3v) is 4.20. The second kappa shape index (κ2) is 6.25. The van der Waals surface area contributed by atoms with Crippen molar-refractivity contribution >= 4 is 39.0 Å². The van der Waals surface area contributed by atoms with E-state index in [2.05, 4.69) is 10.3 Å². The van der Waals surface area contributed by atoms with Gasteiger partial charge in [0.25, 0.3) is 11.6 Å². The van der Waals surface area contributed by atoms with Gasteiger partial charge in [0.05, 0.1) is 16.1 Å². The molecule has 0 spiro atoms. The summed E-state index contributed by atoms with van der Waals surface area (Å²) in [6, 6.07) is 19.1. The Morgan fingerprint density at radius 1 is 0.962 bits per heavy atom. The van der Waals surface area contributed by atoms with Crippen LogP contribution in [-0.2, 0) is 0 Å². The number of rotatable bonds is 3. The average molecular weight is 343 g/mol. The summed E-state index contributed by atoms with van der Waals surface area (Å²) in [5, 5.41) is 16.6. The molecule has 6 nitrogen and oxygen atoms in total. The highest BCUT2D eigenvalue weighted by Crippen LogP contribution is 2.29. The van der Waals surface area contributed by atoms with Crippen LogP contribution in [0.25, 0.3) is 21.7 Å². The molecule has 126 valence electrons. The SMILES string of the molecule is O=C(Nc1ccnc2c1ccc1ccccc12)c1cccc([N+](=O)[O-])c1. The number of amides is 1. The van der Waals surface area contributed by atoms with Crippen LogP contribution in [0.15, 0.2) is 72.9 Å². The van der Waals surface area contributed by atoms with Crippen LogP contribution in [0.5, 0.6) is 0 Å². The Morgan fingerprint density at radius 3 is 2.65 bits per heavy atom. The molecule has 0 bridgehead atoms. The fourth-order valence-electron chi connectivity index (χ4n) is 2.95. The summed E-state index contributed by atoms with van der Waals surface area (Å²) in [5.41, 5.74) is 1.50. The van der Waals surface area contributed by atoms with Gasteiger partial charge in [-0.1, -0.05) is 42.5 Å². The number of carbonyl (C=O) groups is 1. The van der Waals surface area contributed by atoms with E-state index in [9.17, 15) is 14.9 Å². The zero-order chi connectivity index (χ0) is 18.1. The van der Waals surface area contributed by atoms with E-state index in [0.717, 1.165) is 21.7 Å². The minimum absolute atomic E-state index is 0.122. The first-order valence-electron chi connectivity index (χ1n) is 7.96. The third-order valence-electron chi connectivity index (χ3n) is 4.20. The molecule has 26 heavy (non-hydrogen) atoms. The van der Waals surface area contributed by atoms with Gasteiger partial charge in [0.2, 0.25) is 0 Å². The largest absolute Gasteiger partial charge is 0.321 e. The molecule has 6 heteroatoms. The molecule has 0 saturated carbocycles. The number of nitro benzene ring substituents is 1. The number of benzene rings is 3. The first kappa shape index (κ1) is 15.7. The number of hydrogen-bond donors (Lipinski definition) is 1. The van der Waals surface area contributed by atoms with Crippen LogP contribution < -0.4 is 5.32 Å². The molecule has 0 aliphatic carbocycles. The molecule has 3 aromatic carbocycles. The quantitative estimate of drug-likeness (QED) is 0.336. The molecule has 0 aliphatic heterocycles. The molecule has 0 unspecified atom stereocenters. The van der Waals surface area contributed by atoms with Crippen molar-refractivity contribution in [1.82, 2.24) is 4.98 Å². The number of pyridine rings is 1. The molecule has 4 rings (SSSR count). The maximum Gasteiger partial charge on any atom is 0.270 e. The van der Waals surface area contributed by atoms with Gasteiger partial charge in [0, 0.05) is 34.7 Å². The van der Waals surface area contributed by atoms with Crippen LogP contribution in [0.3, 0.4) is 0 Å². The lowest BCUT2D eigenvalue weighted by molar-refractivity contribution is -0.384. The van der Waals surface area contributed by atoms with Gasteiger partial charge in [-0.3, -0.25) is 19.9 Å². The van der Waals surface area contributed by atoms with Crippen molar-refractivity contribution in [3.63, 3.8) is 0 Å². The van der Waals surface area contributed by atoms with Crippen molar-refractivity contribution in [2.24, 2.45) is 0 Å². The molecule has 0 fully saturated rings. The van der Waals surface area contributed by atoms with E-state index < -0.39 is 10.8 Å². The average Bonchev–Trinajstić information content (AvgIpc) is 2.68. The molecule has 0 aliphatic rings. The van der Waals surface area contributed by atoms with Gasteiger partial charge in [-0.15, -0.1) is 0 Å². The van der Waals surface area contributed by atoms with Crippen molar-refractivity contribution in [2.75, 3.05) is 5.32 Å². The van der Waals surface area contributed by atoms with Crippen molar-refractivity contribution in [2.45, 2.75) is 0 Å². The Labute approximate surface area is 148 Å². The van der Waals surface area contributed by atoms with Gasteiger partial charge in [0.15, 0.2) is 0 Å². The molecule has 4 aromatic rings. The summed E-state index contributed by atoms with van der Waals surface area (Å²) in [6.45, 7) is 0. The number of anilines is 1. The summed E-state index contributed by atoms with van der Waals surface area (Å²) in [5.74, 6) is -0.408. The summed E-state index contributed by atoms with van der Waals surface area (Å²) in [6.07, 6.45) is 1.64. The standard InChI is InChI=1S/C20H13N3O3/c24-20(14-5-3-6-15(12-14)23(25)26)22-18-10-11-21-19-16-7-2-1-4-13(16)8-9-17(18)19/h1-12H,(H,21,22,24). The Bertz CT molecular complexity index is 1170. The number of nitrogens with one attached hydrogen (secondary N) is 1. The fraction of sp³-hybridized carbons (Fsp3) is 0. The predicted octanol–water partition coefficient (Wildman–Crippen LogP) is 4.55. The summed E-state index contributed by atoms with van der Waals surface area (Å²) < 4.78 is 0. The van der Waals surface area contributed by atoms with Crippen molar-refractivity contribution < 1.29 is 9.72 Å². The second-order valence-corrected chi connectivity index (χ2v) is 5.80. The van der Waals surface area contributed by atoms with Gasteiger partial charge >= 0.3 is 0 Å². The fourth-order valence-corrected chi connectivity index (χ4v) is 2.95. The van der Waals surface area contributed by atoms with Crippen LogP contribution in [0.2, 0.25) is 0 Å². The van der Waals surface area contributed by atoms with E-state index >= 15 is 0 Å². The predicted molar refractivity (Wildman–Crippen MR) is 100 cm³/mol. The lowest BCUT2D eigenvalue weighted by Crippen LogP contribution is -2.12. The molecule has 0 saturated heterocycles. The van der Waals surface area contributed by atoms with Gasteiger partial charge in [-0.25, -0.2) is 0 Å². The van der Waals surface area contributed by atoms with E-state index in [1.54, 1.807) is 18.3 Å². The lowest BCUT2D eigenvalue weighted by Gasteiger charge is -2.10. The highest BCUT2D eigenvalue weighted by Gasteiger charge is 2.13. The maximum absolute atomic E-state index is 12.5. The zero-order valence-corrected chi connectivity index (χ0v) is 13.5. The third kappa shape index (κ3) is 2.73. The highest BCUT2D eigenvalue weighted by atomic mass is 16.6. The first-order chi connectivity index (χ1) is 12.6. The molecule has 1 amide bonds. The Kier molecular flexibility index (Phi) is 3.78. The number of fused-ring (bicyclic) bond motifs is 3. The number of hydrogen-bond acceptors (Lipinski definition) is 4. The number of carbonyl (C=O) groups excluding carboxylic acids is 1. The minimum Gasteiger partial charge on any atom is -0.321 e. The Morgan fingerprint density at radius 2 is 1.81 bits per heavy atom. The number of nitrogens with zero attached hydrogens (tertiary/aromatic N) is 2. The van der Waals surface area contributed by atoms with Crippen LogP contribution in [0, 0.1) is 10.1 Å². The van der Waals surface area contributed by atoms with Gasteiger partial charge in [-0.2, -0.15) is 0 Å². The van der Waals surface area contributed by atoms with E-state index in [4.69, 9.17) is 0 Å².